The van der Waals surface area contributed by atoms with Gasteiger partial charge in [-0.2, -0.15) is 0 Å². The first-order valence-electron chi connectivity index (χ1n) is 6.74. The van der Waals surface area contributed by atoms with Crippen molar-refractivity contribution in [3.05, 3.63) is 72.1 Å². The maximum Gasteiger partial charge on any atom is 0.252 e. The summed E-state index contributed by atoms with van der Waals surface area (Å²) in [6.07, 6.45) is 1.80. The molecular weight excluding hydrogens is 278 g/mol. The number of para-hydroxylation sites is 1. The third-order valence-corrected chi connectivity index (χ3v) is 3.12. The molecule has 0 aliphatic rings. The number of amides is 1. The number of carbonyl (C=O) groups is 1. The normalized spacial score (nSPS) is 9.86. The summed E-state index contributed by atoms with van der Waals surface area (Å²) in [6, 6.07) is 16.3. The summed E-state index contributed by atoms with van der Waals surface area (Å²) in [5.41, 5.74) is 11.6. The van der Waals surface area contributed by atoms with Crippen molar-refractivity contribution in [3.8, 4) is 5.75 Å². The van der Waals surface area contributed by atoms with Crippen LogP contribution >= 0.6 is 0 Å². The lowest BCUT2D eigenvalue weighted by Gasteiger charge is -2.01. The van der Waals surface area contributed by atoms with Crippen molar-refractivity contribution in [2.24, 2.45) is 11.5 Å². The standard InChI is InChI=1S/C10H10N2.C7H7NO2/c11-7-10-9-4-2-1-3-8(9)5-6-12-10;8-7(10)5-3-1-2-4-6(5)9/h1-6H,7,11H2;1-4,9H,(H2,8,10). The molecule has 1 aromatic heterocycles. The molecule has 0 saturated heterocycles. The Labute approximate surface area is 128 Å². The quantitative estimate of drug-likeness (QED) is 0.674. The number of rotatable bonds is 2. The highest BCUT2D eigenvalue weighted by molar-refractivity contribution is 5.95. The zero-order valence-electron chi connectivity index (χ0n) is 11.9. The van der Waals surface area contributed by atoms with Crippen molar-refractivity contribution >= 4 is 16.7 Å². The Morgan fingerprint density at radius 2 is 1.73 bits per heavy atom. The molecule has 0 atom stereocenters. The number of hydrogen-bond donors (Lipinski definition) is 3. The molecule has 1 amide bonds. The number of aromatic hydroxyl groups is 1. The number of carbonyl (C=O) groups excluding carboxylic acids is 1. The summed E-state index contributed by atoms with van der Waals surface area (Å²) < 4.78 is 0. The van der Waals surface area contributed by atoms with Crippen LogP contribution in [0.4, 0.5) is 0 Å². The van der Waals surface area contributed by atoms with Gasteiger partial charge >= 0.3 is 0 Å². The predicted octanol–water partition coefficient (Wildman–Crippen LogP) is 2.18. The van der Waals surface area contributed by atoms with Gasteiger partial charge in [-0.05, 0) is 23.6 Å². The lowest BCUT2D eigenvalue weighted by Crippen LogP contribution is -2.10. The highest BCUT2D eigenvalue weighted by Gasteiger charge is 2.03. The van der Waals surface area contributed by atoms with E-state index in [1.807, 2.05) is 24.3 Å². The summed E-state index contributed by atoms with van der Waals surface area (Å²) in [6.45, 7) is 0.501. The summed E-state index contributed by atoms with van der Waals surface area (Å²) in [7, 11) is 0. The molecule has 3 aromatic rings. The van der Waals surface area contributed by atoms with Crippen LogP contribution in [0.15, 0.2) is 60.8 Å². The van der Waals surface area contributed by atoms with E-state index in [9.17, 15) is 4.79 Å². The smallest absolute Gasteiger partial charge is 0.252 e. The number of nitrogens with two attached hydrogens (primary N) is 2. The van der Waals surface area contributed by atoms with Crippen molar-refractivity contribution in [1.29, 1.82) is 0 Å². The molecule has 0 aliphatic heterocycles. The molecule has 0 aliphatic carbocycles. The molecule has 112 valence electrons. The molecule has 5 heteroatoms. The number of nitrogens with zero attached hydrogens (tertiary/aromatic N) is 1. The van der Waals surface area contributed by atoms with Crippen LogP contribution in [-0.2, 0) is 6.54 Å². The molecule has 3 rings (SSSR count). The van der Waals surface area contributed by atoms with Gasteiger partial charge in [0.25, 0.3) is 5.91 Å². The van der Waals surface area contributed by atoms with Gasteiger partial charge in [0, 0.05) is 18.1 Å². The van der Waals surface area contributed by atoms with E-state index in [2.05, 4.69) is 11.1 Å². The van der Waals surface area contributed by atoms with Gasteiger partial charge in [-0.15, -0.1) is 0 Å². The van der Waals surface area contributed by atoms with E-state index < -0.39 is 5.91 Å². The molecule has 5 N–H and O–H groups in total. The highest BCUT2D eigenvalue weighted by atomic mass is 16.3. The topological polar surface area (TPSA) is 102 Å². The molecule has 5 nitrogen and oxygen atoms in total. The highest BCUT2D eigenvalue weighted by Crippen LogP contribution is 2.15. The molecule has 2 aromatic carbocycles. The van der Waals surface area contributed by atoms with Gasteiger partial charge in [0.15, 0.2) is 0 Å². The predicted molar refractivity (Wildman–Crippen MR) is 86.3 cm³/mol. The molecule has 0 spiro atoms. The molecule has 0 saturated carbocycles. The minimum absolute atomic E-state index is 0.0741. The van der Waals surface area contributed by atoms with E-state index in [-0.39, 0.29) is 11.3 Å². The number of pyridine rings is 1. The second-order valence-electron chi connectivity index (χ2n) is 4.56. The van der Waals surface area contributed by atoms with Crippen molar-refractivity contribution in [2.75, 3.05) is 0 Å². The first-order valence-corrected chi connectivity index (χ1v) is 6.74. The minimum Gasteiger partial charge on any atom is -0.507 e. The summed E-state index contributed by atoms with van der Waals surface area (Å²) in [4.78, 5) is 14.7. The summed E-state index contributed by atoms with van der Waals surface area (Å²) in [5.74, 6) is -0.687. The minimum atomic E-state index is -0.613. The molecular formula is C17H17N3O2. The van der Waals surface area contributed by atoms with E-state index in [1.54, 1.807) is 18.3 Å². The number of primary amides is 1. The van der Waals surface area contributed by atoms with Gasteiger partial charge in [-0.3, -0.25) is 9.78 Å². The molecule has 0 fully saturated rings. The van der Waals surface area contributed by atoms with E-state index in [0.29, 0.717) is 6.54 Å². The maximum absolute atomic E-state index is 10.5. The van der Waals surface area contributed by atoms with Gasteiger partial charge in [0.2, 0.25) is 0 Å². The fraction of sp³-hybridized carbons (Fsp3) is 0.0588. The Morgan fingerprint density at radius 3 is 2.36 bits per heavy atom. The SMILES string of the molecule is NC(=O)c1ccccc1O.NCc1nccc2ccccc12. The monoisotopic (exact) mass is 295 g/mol. The number of fused-ring (bicyclic) bond motifs is 1. The van der Waals surface area contributed by atoms with Gasteiger partial charge in [-0.1, -0.05) is 36.4 Å². The van der Waals surface area contributed by atoms with Crippen LogP contribution in [0.1, 0.15) is 16.1 Å². The molecule has 0 bridgehead atoms. The van der Waals surface area contributed by atoms with Crippen LogP contribution in [0.25, 0.3) is 10.8 Å². The first-order chi connectivity index (χ1) is 10.6. The summed E-state index contributed by atoms with van der Waals surface area (Å²) in [5, 5.41) is 11.3. The van der Waals surface area contributed by atoms with E-state index >= 15 is 0 Å². The van der Waals surface area contributed by atoms with E-state index in [4.69, 9.17) is 16.6 Å². The Bertz CT molecular complexity index is 782. The molecule has 0 unspecified atom stereocenters. The molecule has 1 heterocycles. The molecule has 0 radical (unpaired) electrons. The lowest BCUT2D eigenvalue weighted by atomic mass is 10.1. The van der Waals surface area contributed by atoms with Crippen molar-refractivity contribution in [1.82, 2.24) is 4.98 Å². The molecule has 22 heavy (non-hydrogen) atoms. The second kappa shape index (κ2) is 7.19. The zero-order chi connectivity index (χ0) is 15.9. The lowest BCUT2D eigenvalue weighted by molar-refractivity contribution is 0.0998. The number of aromatic nitrogens is 1. The Balaban J connectivity index is 0.000000164. The van der Waals surface area contributed by atoms with Crippen LogP contribution in [0.2, 0.25) is 0 Å². The van der Waals surface area contributed by atoms with E-state index in [0.717, 1.165) is 11.1 Å². The van der Waals surface area contributed by atoms with Crippen molar-refractivity contribution in [3.63, 3.8) is 0 Å². The Hall–Kier alpha value is -2.92. The van der Waals surface area contributed by atoms with Gasteiger partial charge in [-0.25, -0.2) is 0 Å². The fourth-order valence-electron chi connectivity index (χ4n) is 2.03. The number of phenols is 1. The average molecular weight is 295 g/mol. The zero-order valence-corrected chi connectivity index (χ0v) is 11.9. The second-order valence-corrected chi connectivity index (χ2v) is 4.56. The van der Waals surface area contributed by atoms with Crippen LogP contribution in [0.3, 0.4) is 0 Å². The average Bonchev–Trinajstić information content (AvgIpc) is 2.55. The van der Waals surface area contributed by atoms with Crippen molar-refractivity contribution < 1.29 is 9.90 Å². The van der Waals surface area contributed by atoms with Crippen molar-refractivity contribution in [2.45, 2.75) is 6.54 Å². The first kappa shape index (κ1) is 15.5. The Kier molecular flexibility index (Phi) is 5.06. The maximum atomic E-state index is 10.5. The fourth-order valence-corrected chi connectivity index (χ4v) is 2.03. The Morgan fingerprint density at radius 1 is 1.05 bits per heavy atom. The third kappa shape index (κ3) is 3.59. The van der Waals surface area contributed by atoms with Gasteiger partial charge in [0.05, 0.1) is 11.3 Å². The summed E-state index contributed by atoms with van der Waals surface area (Å²) >= 11 is 0. The van der Waals surface area contributed by atoms with Crippen LogP contribution in [0.5, 0.6) is 5.75 Å². The third-order valence-electron chi connectivity index (χ3n) is 3.12. The van der Waals surface area contributed by atoms with Gasteiger partial charge in [0.1, 0.15) is 5.75 Å². The van der Waals surface area contributed by atoms with Crippen LogP contribution < -0.4 is 11.5 Å². The number of benzene rings is 2. The van der Waals surface area contributed by atoms with Crippen LogP contribution in [0, 0.1) is 0 Å². The largest absolute Gasteiger partial charge is 0.507 e. The van der Waals surface area contributed by atoms with Crippen LogP contribution in [-0.4, -0.2) is 16.0 Å². The number of hydrogen-bond acceptors (Lipinski definition) is 4. The van der Waals surface area contributed by atoms with Gasteiger partial charge < -0.3 is 16.6 Å². The van der Waals surface area contributed by atoms with E-state index in [1.165, 1.54) is 17.5 Å².